The van der Waals surface area contributed by atoms with Gasteiger partial charge in [0.15, 0.2) is 0 Å². The summed E-state index contributed by atoms with van der Waals surface area (Å²) in [5.74, 6) is -0.106. The number of aliphatic carboxylic acids is 1. The van der Waals surface area contributed by atoms with Crippen molar-refractivity contribution < 1.29 is 14.6 Å². The van der Waals surface area contributed by atoms with Gasteiger partial charge in [-0.25, -0.2) is 4.98 Å². The number of aromatic nitrogens is 1. The molecule has 0 saturated carbocycles. The van der Waals surface area contributed by atoms with E-state index < -0.39 is 5.97 Å². The van der Waals surface area contributed by atoms with Gasteiger partial charge in [-0.05, 0) is 17.7 Å². The first-order chi connectivity index (χ1) is 11.2. The van der Waals surface area contributed by atoms with Crippen LogP contribution in [0.25, 0.3) is 11.3 Å². The minimum Gasteiger partial charge on any atom is -0.489 e. The Morgan fingerprint density at radius 2 is 1.96 bits per heavy atom. The van der Waals surface area contributed by atoms with E-state index in [0.29, 0.717) is 11.6 Å². The van der Waals surface area contributed by atoms with Gasteiger partial charge in [0.25, 0.3) is 0 Å². The summed E-state index contributed by atoms with van der Waals surface area (Å²) >= 11 is 1.36. The fourth-order valence-electron chi connectivity index (χ4n) is 2.14. The first kappa shape index (κ1) is 15.2. The summed E-state index contributed by atoms with van der Waals surface area (Å²) in [6, 6.07) is 17.6. The van der Waals surface area contributed by atoms with Crippen LogP contribution < -0.4 is 4.74 Å². The lowest BCUT2D eigenvalue weighted by molar-refractivity contribution is -0.136. The Labute approximate surface area is 138 Å². The highest BCUT2D eigenvalue weighted by Gasteiger charge is 2.08. The van der Waals surface area contributed by atoms with E-state index in [-0.39, 0.29) is 6.42 Å². The van der Waals surface area contributed by atoms with Crippen LogP contribution in [0.1, 0.15) is 10.6 Å². The van der Waals surface area contributed by atoms with Crippen LogP contribution in [0.4, 0.5) is 0 Å². The van der Waals surface area contributed by atoms with Crippen molar-refractivity contribution in [1.82, 2.24) is 4.98 Å². The number of carbonyl (C=O) groups is 1. The highest BCUT2D eigenvalue weighted by atomic mass is 32.1. The Morgan fingerprint density at radius 3 is 2.74 bits per heavy atom. The van der Waals surface area contributed by atoms with Gasteiger partial charge in [-0.3, -0.25) is 4.79 Å². The molecule has 1 aromatic heterocycles. The molecule has 0 radical (unpaired) electrons. The van der Waals surface area contributed by atoms with E-state index in [0.717, 1.165) is 22.6 Å². The third-order valence-corrected chi connectivity index (χ3v) is 4.08. The van der Waals surface area contributed by atoms with E-state index in [1.165, 1.54) is 11.3 Å². The van der Waals surface area contributed by atoms with E-state index in [1.54, 1.807) is 0 Å². The second-order valence-corrected chi connectivity index (χ2v) is 5.94. The Hall–Kier alpha value is -2.66. The number of thiazole rings is 1. The van der Waals surface area contributed by atoms with Gasteiger partial charge in [0.05, 0.1) is 12.1 Å². The SMILES string of the molecule is O=C(O)Cc1nc(-c2cccc(OCc3ccccc3)c2)cs1. The van der Waals surface area contributed by atoms with E-state index in [2.05, 4.69) is 4.98 Å². The molecule has 3 rings (SSSR count). The van der Waals surface area contributed by atoms with Gasteiger partial charge in [0, 0.05) is 10.9 Å². The topological polar surface area (TPSA) is 59.4 Å². The van der Waals surface area contributed by atoms with Crippen LogP contribution in [-0.2, 0) is 17.8 Å². The molecule has 4 nitrogen and oxygen atoms in total. The third-order valence-electron chi connectivity index (χ3n) is 3.23. The zero-order valence-corrected chi connectivity index (χ0v) is 13.1. The molecule has 5 heteroatoms. The molecule has 116 valence electrons. The van der Waals surface area contributed by atoms with Crippen LogP contribution in [0.2, 0.25) is 0 Å². The van der Waals surface area contributed by atoms with Crippen LogP contribution in [0.3, 0.4) is 0 Å². The molecule has 3 aromatic rings. The Balaban J connectivity index is 1.72. The summed E-state index contributed by atoms with van der Waals surface area (Å²) in [6.45, 7) is 0.506. The molecule has 0 saturated heterocycles. The number of rotatable bonds is 6. The number of hydrogen-bond acceptors (Lipinski definition) is 4. The summed E-state index contributed by atoms with van der Waals surface area (Å²) < 4.78 is 5.81. The van der Waals surface area contributed by atoms with Crippen LogP contribution in [-0.4, -0.2) is 16.1 Å². The van der Waals surface area contributed by atoms with Crippen LogP contribution >= 0.6 is 11.3 Å². The third kappa shape index (κ3) is 4.17. The Bertz CT molecular complexity index is 799. The standard InChI is InChI=1S/C18H15NO3S/c20-18(21)10-17-19-16(12-23-17)14-7-4-8-15(9-14)22-11-13-5-2-1-3-6-13/h1-9,12H,10-11H2,(H,20,21). The predicted molar refractivity (Wildman–Crippen MR) is 89.7 cm³/mol. The molecule has 0 atom stereocenters. The fraction of sp³-hybridized carbons (Fsp3) is 0.111. The largest absolute Gasteiger partial charge is 0.489 e. The average Bonchev–Trinajstić information content (AvgIpc) is 3.02. The minimum atomic E-state index is -0.870. The van der Waals surface area contributed by atoms with Crippen molar-refractivity contribution in [1.29, 1.82) is 0 Å². The number of carboxylic acids is 1. The molecule has 0 aliphatic rings. The van der Waals surface area contributed by atoms with Crippen molar-refractivity contribution in [3.63, 3.8) is 0 Å². The van der Waals surface area contributed by atoms with E-state index in [1.807, 2.05) is 60.0 Å². The van der Waals surface area contributed by atoms with E-state index in [9.17, 15) is 4.79 Å². The first-order valence-electron chi connectivity index (χ1n) is 7.14. The van der Waals surface area contributed by atoms with E-state index >= 15 is 0 Å². The van der Waals surface area contributed by atoms with Crippen LogP contribution in [0.15, 0.2) is 60.0 Å². The zero-order chi connectivity index (χ0) is 16.1. The van der Waals surface area contributed by atoms with Gasteiger partial charge in [-0.2, -0.15) is 0 Å². The summed E-state index contributed by atoms with van der Waals surface area (Å²) in [7, 11) is 0. The van der Waals surface area contributed by atoms with Crippen molar-refractivity contribution in [3.8, 4) is 17.0 Å². The van der Waals surface area contributed by atoms with Crippen molar-refractivity contribution in [3.05, 3.63) is 70.5 Å². The van der Waals surface area contributed by atoms with E-state index in [4.69, 9.17) is 9.84 Å². The summed E-state index contributed by atoms with van der Waals surface area (Å²) in [5, 5.41) is 11.3. The molecule has 0 aliphatic heterocycles. The number of ether oxygens (including phenoxy) is 1. The maximum Gasteiger partial charge on any atom is 0.310 e. The van der Waals surface area contributed by atoms with Gasteiger partial charge < -0.3 is 9.84 Å². The first-order valence-corrected chi connectivity index (χ1v) is 8.02. The maximum atomic E-state index is 10.7. The molecule has 0 aliphatic carbocycles. The number of benzene rings is 2. The molecule has 0 unspecified atom stereocenters. The molecule has 0 bridgehead atoms. The number of nitrogens with zero attached hydrogens (tertiary/aromatic N) is 1. The van der Waals surface area contributed by atoms with Gasteiger partial charge in [0.2, 0.25) is 0 Å². The highest BCUT2D eigenvalue weighted by Crippen LogP contribution is 2.26. The van der Waals surface area contributed by atoms with Crippen LogP contribution in [0, 0.1) is 0 Å². The Morgan fingerprint density at radius 1 is 1.13 bits per heavy atom. The van der Waals surface area contributed by atoms with Gasteiger partial charge >= 0.3 is 5.97 Å². The van der Waals surface area contributed by atoms with Gasteiger partial charge in [-0.1, -0.05) is 42.5 Å². The molecule has 1 N–H and O–H groups in total. The quantitative estimate of drug-likeness (QED) is 0.744. The number of hydrogen-bond donors (Lipinski definition) is 1. The lowest BCUT2D eigenvalue weighted by atomic mass is 10.1. The summed E-state index contributed by atoms with van der Waals surface area (Å²) in [5.41, 5.74) is 2.80. The molecule has 23 heavy (non-hydrogen) atoms. The predicted octanol–water partition coefficient (Wildman–Crippen LogP) is 4.02. The zero-order valence-electron chi connectivity index (χ0n) is 12.3. The monoisotopic (exact) mass is 325 g/mol. The van der Waals surface area contributed by atoms with Gasteiger partial charge in [-0.15, -0.1) is 11.3 Å². The normalized spacial score (nSPS) is 10.4. The lowest BCUT2D eigenvalue weighted by Gasteiger charge is -2.07. The minimum absolute atomic E-state index is 0.0468. The van der Waals surface area contributed by atoms with Gasteiger partial charge in [0.1, 0.15) is 17.4 Å². The lowest BCUT2D eigenvalue weighted by Crippen LogP contribution is -1.99. The van der Waals surface area contributed by atoms with Crippen molar-refractivity contribution in [2.75, 3.05) is 0 Å². The molecule has 0 amide bonds. The molecule has 0 spiro atoms. The van der Waals surface area contributed by atoms with Crippen LogP contribution in [0.5, 0.6) is 5.75 Å². The second-order valence-electron chi connectivity index (χ2n) is 5.00. The molecule has 1 heterocycles. The average molecular weight is 325 g/mol. The summed E-state index contributed by atoms with van der Waals surface area (Å²) in [6.07, 6.45) is -0.0468. The smallest absolute Gasteiger partial charge is 0.310 e. The molecular formula is C18H15NO3S. The van der Waals surface area contributed by atoms with Crippen molar-refractivity contribution in [2.45, 2.75) is 13.0 Å². The molecule has 2 aromatic carbocycles. The molecule has 0 fully saturated rings. The Kier molecular flexibility index (Phi) is 4.68. The highest BCUT2D eigenvalue weighted by molar-refractivity contribution is 7.10. The maximum absolute atomic E-state index is 10.7. The molecular weight excluding hydrogens is 310 g/mol. The fourth-order valence-corrected chi connectivity index (χ4v) is 2.93. The number of carboxylic acid groups (broad SMARTS) is 1. The summed E-state index contributed by atoms with van der Waals surface area (Å²) in [4.78, 5) is 15.1. The van der Waals surface area contributed by atoms with Crippen molar-refractivity contribution >= 4 is 17.3 Å². The second kappa shape index (κ2) is 7.07. The van der Waals surface area contributed by atoms with Crippen molar-refractivity contribution in [2.24, 2.45) is 0 Å².